The van der Waals surface area contributed by atoms with E-state index in [1.165, 1.54) is 11.5 Å². The molecule has 4 rings (SSSR count). The third kappa shape index (κ3) is 1.45. The van der Waals surface area contributed by atoms with Crippen molar-refractivity contribution in [1.82, 2.24) is 0 Å². The summed E-state index contributed by atoms with van der Waals surface area (Å²) in [7, 11) is 0. The van der Waals surface area contributed by atoms with Crippen molar-refractivity contribution in [1.29, 1.82) is 0 Å². The average Bonchev–Trinajstić information content (AvgIpc) is 2.50. The van der Waals surface area contributed by atoms with Gasteiger partial charge in [0.1, 0.15) is 0 Å². The first-order valence-electron chi connectivity index (χ1n) is 6.46. The van der Waals surface area contributed by atoms with Gasteiger partial charge in [0.2, 0.25) is 11.6 Å². The van der Waals surface area contributed by atoms with Crippen LogP contribution >= 0.6 is 0 Å². The molecule has 0 fully saturated rings. The van der Waals surface area contributed by atoms with Gasteiger partial charge >= 0.3 is 0 Å². The van der Waals surface area contributed by atoms with Crippen LogP contribution in [0.3, 0.4) is 0 Å². The molecule has 0 aliphatic heterocycles. The Morgan fingerprint density at radius 1 is 0.700 bits per heavy atom. The summed E-state index contributed by atoms with van der Waals surface area (Å²) in [6, 6.07) is 16.0. The normalized spacial score (nSPS) is 14.0. The second-order valence-corrected chi connectivity index (χ2v) is 4.97. The van der Waals surface area contributed by atoms with Crippen molar-refractivity contribution in [2.24, 2.45) is 0 Å². The lowest BCUT2D eigenvalue weighted by atomic mass is 9.90. The molecule has 20 heavy (non-hydrogen) atoms. The Kier molecular flexibility index (Phi) is 2.15. The highest BCUT2D eigenvalue weighted by molar-refractivity contribution is 6.50. The van der Waals surface area contributed by atoms with Gasteiger partial charge in [0.05, 0.1) is 0 Å². The number of carbonyl (C=O) groups is 2. The largest absolute Gasteiger partial charge is 0.286 e. The molecule has 0 saturated heterocycles. The van der Waals surface area contributed by atoms with Crippen LogP contribution in [0.1, 0.15) is 15.9 Å². The second-order valence-electron chi connectivity index (χ2n) is 4.97. The molecule has 3 aromatic carbocycles. The average molecular weight is 258 g/mol. The summed E-state index contributed by atoms with van der Waals surface area (Å²) in [6.07, 6.45) is 3.07. The molecule has 1 aliphatic rings. The summed E-state index contributed by atoms with van der Waals surface area (Å²) >= 11 is 0. The molecule has 0 unspecified atom stereocenters. The zero-order valence-electron chi connectivity index (χ0n) is 10.6. The molecule has 0 bridgehead atoms. The molecule has 94 valence electrons. The van der Waals surface area contributed by atoms with E-state index in [-0.39, 0.29) is 0 Å². The van der Waals surface area contributed by atoms with E-state index in [1.54, 1.807) is 6.08 Å². The topological polar surface area (TPSA) is 34.1 Å². The summed E-state index contributed by atoms with van der Waals surface area (Å²) in [5.41, 5.74) is 1.32. The van der Waals surface area contributed by atoms with Gasteiger partial charge in [-0.3, -0.25) is 9.59 Å². The van der Waals surface area contributed by atoms with Crippen molar-refractivity contribution in [3.8, 4) is 0 Å². The zero-order valence-corrected chi connectivity index (χ0v) is 10.6. The van der Waals surface area contributed by atoms with Gasteiger partial charge in [-0.1, -0.05) is 42.5 Å². The number of hydrogen-bond donors (Lipinski definition) is 0. The molecule has 0 amide bonds. The van der Waals surface area contributed by atoms with Crippen molar-refractivity contribution in [2.75, 3.05) is 0 Å². The Balaban J connectivity index is 2.14. The summed E-state index contributed by atoms with van der Waals surface area (Å²) in [6.45, 7) is 0. The number of Topliss-reactive ketones (excluding diaryl/α,β-unsaturated/α-hetero) is 1. The van der Waals surface area contributed by atoms with Crippen LogP contribution in [-0.4, -0.2) is 11.6 Å². The highest BCUT2D eigenvalue weighted by atomic mass is 16.2. The Morgan fingerprint density at radius 2 is 1.50 bits per heavy atom. The standard InChI is InChI=1S/C18H10O2/c19-17-8-7-13-9-15-12(10-16(13)18(17)20)6-5-11-3-1-2-4-14(11)15/h1-10H. The van der Waals surface area contributed by atoms with Gasteiger partial charge in [-0.25, -0.2) is 0 Å². The third-order valence-electron chi connectivity index (χ3n) is 3.80. The molecule has 2 nitrogen and oxygen atoms in total. The van der Waals surface area contributed by atoms with Gasteiger partial charge in [0, 0.05) is 5.56 Å². The van der Waals surface area contributed by atoms with Gasteiger partial charge in [-0.05, 0) is 45.3 Å². The predicted molar refractivity (Wildman–Crippen MR) is 79.8 cm³/mol. The smallest absolute Gasteiger partial charge is 0.233 e. The first-order valence-corrected chi connectivity index (χ1v) is 6.46. The number of benzene rings is 3. The number of allylic oxidation sites excluding steroid dienone is 1. The zero-order chi connectivity index (χ0) is 13.7. The van der Waals surface area contributed by atoms with Gasteiger partial charge in [-0.15, -0.1) is 0 Å². The highest BCUT2D eigenvalue weighted by Gasteiger charge is 2.21. The summed E-state index contributed by atoms with van der Waals surface area (Å²) in [4.78, 5) is 23.4. The first-order chi connectivity index (χ1) is 9.74. The van der Waals surface area contributed by atoms with Crippen LogP contribution in [0.5, 0.6) is 0 Å². The minimum absolute atomic E-state index is 0.419. The molecule has 0 N–H and O–H groups in total. The van der Waals surface area contributed by atoms with E-state index in [4.69, 9.17) is 0 Å². The van der Waals surface area contributed by atoms with E-state index >= 15 is 0 Å². The second kappa shape index (κ2) is 3.87. The van der Waals surface area contributed by atoms with Gasteiger partial charge in [-0.2, -0.15) is 0 Å². The molecular weight excluding hydrogens is 248 g/mol. The van der Waals surface area contributed by atoms with Crippen LogP contribution in [0.15, 0.2) is 54.6 Å². The number of ketones is 2. The predicted octanol–water partition coefficient (Wildman–Crippen LogP) is 3.77. The molecule has 0 saturated carbocycles. The molecule has 0 atom stereocenters. The lowest BCUT2D eigenvalue weighted by Crippen LogP contribution is -2.16. The number of carbonyl (C=O) groups excluding carboxylic acids is 2. The van der Waals surface area contributed by atoms with Gasteiger partial charge < -0.3 is 0 Å². The first kappa shape index (κ1) is 11.1. The van der Waals surface area contributed by atoms with Crippen LogP contribution in [0.2, 0.25) is 0 Å². The summed E-state index contributed by atoms with van der Waals surface area (Å²) < 4.78 is 0. The van der Waals surface area contributed by atoms with Gasteiger partial charge in [0.25, 0.3) is 0 Å². The monoisotopic (exact) mass is 258 g/mol. The third-order valence-corrected chi connectivity index (χ3v) is 3.80. The fourth-order valence-electron chi connectivity index (χ4n) is 2.78. The lowest BCUT2D eigenvalue weighted by molar-refractivity contribution is -0.110. The number of rotatable bonds is 0. The Bertz CT molecular complexity index is 933. The van der Waals surface area contributed by atoms with Crippen LogP contribution in [0.25, 0.3) is 27.6 Å². The Morgan fingerprint density at radius 3 is 2.40 bits per heavy atom. The summed E-state index contributed by atoms with van der Waals surface area (Å²) in [5, 5.41) is 4.42. The number of fused-ring (bicyclic) bond motifs is 4. The molecule has 0 radical (unpaired) electrons. The van der Waals surface area contributed by atoms with Crippen molar-refractivity contribution in [3.05, 3.63) is 65.7 Å². The maximum absolute atomic E-state index is 11.9. The SMILES string of the molecule is O=C1C=Cc2cc3c(ccc4ccccc43)cc2C1=O. The van der Waals surface area contributed by atoms with Crippen LogP contribution in [0, 0.1) is 0 Å². The highest BCUT2D eigenvalue weighted by Crippen LogP contribution is 2.30. The fourth-order valence-corrected chi connectivity index (χ4v) is 2.78. The van der Waals surface area contributed by atoms with Crippen molar-refractivity contribution in [2.45, 2.75) is 0 Å². The van der Waals surface area contributed by atoms with Crippen LogP contribution in [-0.2, 0) is 4.79 Å². The van der Waals surface area contributed by atoms with Gasteiger partial charge in [0.15, 0.2) is 0 Å². The van der Waals surface area contributed by atoms with E-state index in [2.05, 4.69) is 12.1 Å². The number of hydrogen-bond acceptors (Lipinski definition) is 2. The Labute approximate surface area is 115 Å². The molecule has 3 aromatic rings. The fraction of sp³-hybridized carbons (Fsp3) is 0. The molecule has 0 aromatic heterocycles. The lowest BCUT2D eigenvalue weighted by Gasteiger charge is -2.11. The van der Waals surface area contributed by atoms with Crippen LogP contribution in [0.4, 0.5) is 0 Å². The minimum atomic E-state index is -0.447. The molecular formula is C18H10O2. The molecule has 0 heterocycles. The van der Waals surface area contributed by atoms with E-state index < -0.39 is 11.6 Å². The van der Waals surface area contributed by atoms with Crippen molar-refractivity contribution in [3.63, 3.8) is 0 Å². The van der Waals surface area contributed by atoms with E-state index in [1.807, 2.05) is 36.4 Å². The maximum atomic E-state index is 11.9. The maximum Gasteiger partial charge on any atom is 0.233 e. The van der Waals surface area contributed by atoms with Crippen molar-refractivity contribution >= 4 is 39.2 Å². The molecule has 1 aliphatic carbocycles. The molecule has 2 heteroatoms. The Hall–Kier alpha value is -2.74. The minimum Gasteiger partial charge on any atom is -0.286 e. The quantitative estimate of drug-likeness (QED) is 0.454. The summed E-state index contributed by atoms with van der Waals surface area (Å²) in [5.74, 6) is -0.866. The van der Waals surface area contributed by atoms with E-state index in [0.717, 1.165) is 21.7 Å². The van der Waals surface area contributed by atoms with Crippen LogP contribution < -0.4 is 0 Å². The van der Waals surface area contributed by atoms with E-state index in [9.17, 15) is 9.59 Å². The van der Waals surface area contributed by atoms with E-state index in [0.29, 0.717) is 5.56 Å². The van der Waals surface area contributed by atoms with Crippen molar-refractivity contribution < 1.29 is 9.59 Å². The molecule has 0 spiro atoms.